The molecule has 5 heteroatoms. The van der Waals surface area contributed by atoms with Crippen LogP contribution in [0.4, 0.5) is 10.5 Å². The van der Waals surface area contributed by atoms with Gasteiger partial charge in [0.15, 0.2) is 0 Å². The summed E-state index contributed by atoms with van der Waals surface area (Å²) in [5, 5.41) is 5.56. The fraction of sp³-hybridized carbons (Fsp3) is 0.316. The van der Waals surface area contributed by atoms with Gasteiger partial charge in [0.25, 0.3) is 0 Å². The molecule has 128 valence electrons. The average Bonchev–Trinajstić information content (AvgIpc) is 2.56. The molecule has 0 aromatic heterocycles. The van der Waals surface area contributed by atoms with Crippen LogP contribution in [-0.2, 0) is 0 Å². The van der Waals surface area contributed by atoms with Crippen molar-refractivity contribution in [1.29, 1.82) is 0 Å². The van der Waals surface area contributed by atoms with E-state index in [2.05, 4.69) is 10.6 Å². The maximum absolute atomic E-state index is 12.0. The third kappa shape index (κ3) is 5.19. The van der Waals surface area contributed by atoms with Crippen molar-refractivity contribution in [2.45, 2.75) is 20.8 Å². The summed E-state index contributed by atoms with van der Waals surface area (Å²) < 4.78 is 11.2. The molecule has 0 fully saturated rings. The first-order valence-corrected chi connectivity index (χ1v) is 8.07. The highest BCUT2D eigenvalue weighted by molar-refractivity contribution is 5.90. The molecule has 0 unspecified atom stereocenters. The van der Waals surface area contributed by atoms with Gasteiger partial charge in [-0.2, -0.15) is 0 Å². The van der Waals surface area contributed by atoms with Crippen LogP contribution in [-0.4, -0.2) is 25.8 Å². The van der Waals surface area contributed by atoms with Crippen molar-refractivity contribution in [1.82, 2.24) is 5.32 Å². The highest BCUT2D eigenvalue weighted by atomic mass is 16.5. The van der Waals surface area contributed by atoms with Gasteiger partial charge in [-0.05, 0) is 50.1 Å². The van der Waals surface area contributed by atoms with Crippen LogP contribution in [0.3, 0.4) is 0 Å². The van der Waals surface area contributed by atoms with Gasteiger partial charge in [-0.15, -0.1) is 0 Å². The van der Waals surface area contributed by atoms with Crippen molar-refractivity contribution < 1.29 is 14.3 Å². The number of para-hydroxylation sites is 2. The van der Waals surface area contributed by atoms with Gasteiger partial charge in [0.1, 0.15) is 18.1 Å². The lowest BCUT2D eigenvalue weighted by Crippen LogP contribution is -2.32. The summed E-state index contributed by atoms with van der Waals surface area (Å²) in [7, 11) is 0. The molecule has 0 saturated heterocycles. The van der Waals surface area contributed by atoms with Crippen molar-refractivity contribution in [2.24, 2.45) is 0 Å². The zero-order chi connectivity index (χ0) is 17.4. The van der Waals surface area contributed by atoms with Gasteiger partial charge in [-0.25, -0.2) is 4.79 Å². The normalized spacial score (nSPS) is 10.1. The van der Waals surface area contributed by atoms with Crippen molar-refractivity contribution in [2.75, 3.05) is 25.1 Å². The Morgan fingerprint density at radius 1 is 1.04 bits per heavy atom. The second-order valence-corrected chi connectivity index (χ2v) is 5.43. The Morgan fingerprint density at radius 3 is 2.62 bits per heavy atom. The van der Waals surface area contributed by atoms with E-state index in [1.165, 1.54) is 0 Å². The number of hydrogen-bond donors (Lipinski definition) is 2. The van der Waals surface area contributed by atoms with Gasteiger partial charge in [0.2, 0.25) is 0 Å². The van der Waals surface area contributed by atoms with E-state index in [9.17, 15) is 4.79 Å². The SMILES string of the molecule is CCOc1ccccc1NC(=O)NCCOc1cc(C)ccc1C. The number of urea groups is 1. The van der Waals surface area contributed by atoms with Crippen LogP contribution in [0.25, 0.3) is 0 Å². The molecule has 0 saturated carbocycles. The molecule has 0 bridgehead atoms. The van der Waals surface area contributed by atoms with Crippen molar-refractivity contribution >= 4 is 11.7 Å². The number of aryl methyl sites for hydroxylation is 2. The van der Waals surface area contributed by atoms with Gasteiger partial charge < -0.3 is 20.1 Å². The predicted octanol–water partition coefficient (Wildman–Crippen LogP) is 3.90. The van der Waals surface area contributed by atoms with E-state index in [4.69, 9.17) is 9.47 Å². The summed E-state index contributed by atoms with van der Waals surface area (Å²) >= 11 is 0. The molecule has 5 nitrogen and oxygen atoms in total. The Morgan fingerprint density at radius 2 is 1.83 bits per heavy atom. The van der Waals surface area contributed by atoms with Crippen LogP contribution in [0.1, 0.15) is 18.1 Å². The number of hydrogen-bond acceptors (Lipinski definition) is 3. The quantitative estimate of drug-likeness (QED) is 0.758. The maximum Gasteiger partial charge on any atom is 0.319 e. The van der Waals surface area contributed by atoms with Crippen LogP contribution in [0.15, 0.2) is 42.5 Å². The highest BCUT2D eigenvalue weighted by Gasteiger charge is 2.06. The van der Waals surface area contributed by atoms with E-state index in [-0.39, 0.29) is 6.03 Å². The Balaban J connectivity index is 1.78. The second kappa shape index (κ2) is 8.82. The largest absolute Gasteiger partial charge is 0.492 e. The number of carbonyl (C=O) groups is 1. The Labute approximate surface area is 143 Å². The standard InChI is InChI=1S/C19H24N2O3/c1-4-23-17-8-6-5-7-16(17)21-19(22)20-11-12-24-18-13-14(2)9-10-15(18)3/h5-10,13H,4,11-12H2,1-3H3,(H2,20,21,22). The van der Waals surface area contributed by atoms with Crippen LogP contribution in [0, 0.1) is 13.8 Å². The molecule has 0 aliphatic carbocycles. The lowest BCUT2D eigenvalue weighted by Gasteiger charge is -2.13. The molecule has 2 aromatic carbocycles. The highest BCUT2D eigenvalue weighted by Crippen LogP contribution is 2.23. The summed E-state index contributed by atoms with van der Waals surface area (Å²) in [5.41, 5.74) is 2.87. The van der Waals surface area contributed by atoms with Crippen molar-refractivity contribution in [3.05, 3.63) is 53.6 Å². The number of rotatable bonds is 7. The van der Waals surface area contributed by atoms with Crippen molar-refractivity contribution in [3.63, 3.8) is 0 Å². The number of anilines is 1. The molecule has 24 heavy (non-hydrogen) atoms. The maximum atomic E-state index is 12.0. The zero-order valence-corrected chi connectivity index (χ0v) is 14.4. The van der Waals surface area contributed by atoms with Gasteiger partial charge in [0, 0.05) is 0 Å². The molecular formula is C19H24N2O3. The summed E-state index contributed by atoms with van der Waals surface area (Å²) in [6.45, 7) is 7.29. The molecule has 0 atom stereocenters. The van der Waals surface area contributed by atoms with Gasteiger partial charge in [0.05, 0.1) is 18.8 Å². The molecule has 0 radical (unpaired) electrons. The third-order valence-corrected chi connectivity index (χ3v) is 3.42. The van der Waals surface area contributed by atoms with E-state index in [1.54, 1.807) is 6.07 Å². The Bertz CT molecular complexity index is 686. The molecule has 0 heterocycles. The number of ether oxygens (including phenoxy) is 2. The average molecular weight is 328 g/mol. The van der Waals surface area contributed by atoms with Crippen LogP contribution >= 0.6 is 0 Å². The Hall–Kier alpha value is -2.69. The van der Waals surface area contributed by atoms with Crippen LogP contribution in [0.2, 0.25) is 0 Å². The fourth-order valence-electron chi connectivity index (χ4n) is 2.21. The zero-order valence-electron chi connectivity index (χ0n) is 14.4. The number of benzene rings is 2. The fourth-order valence-corrected chi connectivity index (χ4v) is 2.21. The topological polar surface area (TPSA) is 59.6 Å². The second-order valence-electron chi connectivity index (χ2n) is 5.43. The smallest absolute Gasteiger partial charge is 0.319 e. The van der Waals surface area contributed by atoms with Gasteiger partial charge >= 0.3 is 6.03 Å². The Kier molecular flexibility index (Phi) is 6.49. The molecule has 2 rings (SSSR count). The monoisotopic (exact) mass is 328 g/mol. The van der Waals surface area contributed by atoms with E-state index >= 15 is 0 Å². The van der Waals surface area contributed by atoms with Crippen LogP contribution < -0.4 is 20.1 Å². The molecule has 2 N–H and O–H groups in total. The molecular weight excluding hydrogens is 304 g/mol. The molecule has 2 amide bonds. The molecule has 0 aliphatic rings. The van der Waals surface area contributed by atoms with E-state index in [0.29, 0.717) is 31.2 Å². The minimum absolute atomic E-state index is 0.285. The first kappa shape index (κ1) is 17.7. The summed E-state index contributed by atoms with van der Waals surface area (Å²) in [6, 6.07) is 13.1. The van der Waals surface area contributed by atoms with Gasteiger partial charge in [-0.3, -0.25) is 0 Å². The number of amides is 2. The molecule has 0 spiro atoms. The first-order chi connectivity index (χ1) is 11.6. The predicted molar refractivity (Wildman–Crippen MR) is 96.0 cm³/mol. The van der Waals surface area contributed by atoms with E-state index in [0.717, 1.165) is 16.9 Å². The molecule has 0 aliphatic heterocycles. The number of carbonyl (C=O) groups excluding carboxylic acids is 1. The van der Waals surface area contributed by atoms with E-state index in [1.807, 2.05) is 57.2 Å². The third-order valence-electron chi connectivity index (χ3n) is 3.42. The van der Waals surface area contributed by atoms with Crippen molar-refractivity contribution in [3.8, 4) is 11.5 Å². The minimum atomic E-state index is -0.285. The lowest BCUT2D eigenvalue weighted by molar-refractivity contribution is 0.247. The number of nitrogens with one attached hydrogen (secondary N) is 2. The minimum Gasteiger partial charge on any atom is -0.492 e. The summed E-state index contributed by atoms with van der Waals surface area (Å²) in [5.74, 6) is 1.50. The first-order valence-electron chi connectivity index (χ1n) is 8.07. The summed E-state index contributed by atoms with van der Waals surface area (Å²) in [6.07, 6.45) is 0. The van der Waals surface area contributed by atoms with Crippen LogP contribution in [0.5, 0.6) is 11.5 Å². The molecule has 2 aromatic rings. The lowest BCUT2D eigenvalue weighted by atomic mass is 10.1. The van der Waals surface area contributed by atoms with E-state index < -0.39 is 0 Å². The van der Waals surface area contributed by atoms with Gasteiger partial charge in [-0.1, -0.05) is 24.3 Å². The summed E-state index contributed by atoms with van der Waals surface area (Å²) in [4.78, 5) is 12.0.